The number of hydrogen-bond acceptors (Lipinski definition) is 6. The first kappa shape index (κ1) is 26.2. The fourth-order valence-electron chi connectivity index (χ4n) is 5.60. The number of rotatable bonds is 8. The lowest BCUT2D eigenvalue weighted by molar-refractivity contribution is -0.145. The number of benzene rings is 2. The van der Waals surface area contributed by atoms with Gasteiger partial charge in [-0.05, 0) is 97.7 Å². The first-order valence-corrected chi connectivity index (χ1v) is 13.4. The van der Waals surface area contributed by atoms with Gasteiger partial charge in [0, 0.05) is 24.8 Å². The number of carbonyl (C=O) groups is 1. The monoisotopic (exact) mass is 516 g/mol. The van der Waals surface area contributed by atoms with Crippen LogP contribution in [-0.2, 0) is 17.8 Å². The summed E-state index contributed by atoms with van der Waals surface area (Å²) in [5, 5.41) is 19.9. The van der Waals surface area contributed by atoms with Gasteiger partial charge in [0.25, 0.3) is 0 Å². The SMILES string of the molecule is COc1cc(-c2ccc(C3CCc4ccc([C@H](O)[C@H](C)C(=O)O)cc4O3)c(CN3CCC[C@@H]3C)c2)ccn1. The van der Waals surface area contributed by atoms with Gasteiger partial charge in [-0.15, -0.1) is 0 Å². The number of hydrogen-bond donors (Lipinski definition) is 2. The molecule has 4 atom stereocenters. The van der Waals surface area contributed by atoms with E-state index in [1.807, 2.05) is 30.3 Å². The van der Waals surface area contributed by atoms with Crippen LogP contribution in [0.1, 0.15) is 67.6 Å². The van der Waals surface area contributed by atoms with Crippen LogP contribution >= 0.6 is 0 Å². The summed E-state index contributed by atoms with van der Waals surface area (Å²) in [4.78, 5) is 18.2. The lowest BCUT2D eigenvalue weighted by Crippen LogP contribution is -2.27. The molecule has 1 unspecified atom stereocenters. The van der Waals surface area contributed by atoms with Crippen LogP contribution in [-0.4, -0.2) is 45.8 Å². The lowest BCUT2D eigenvalue weighted by Gasteiger charge is -2.30. The van der Waals surface area contributed by atoms with Crippen molar-refractivity contribution in [3.05, 3.63) is 77.0 Å². The topological polar surface area (TPSA) is 92.1 Å². The Balaban J connectivity index is 1.47. The maximum absolute atomic E-state index is 11.4. The third kappa shape index (κ3) is 5.40. The third-order valence-electron chi connectivity index (χ3n) is 8.07. The number of likely N-dealkylation sites (tertiary alicyclic amines) is 1. The molecule has 3 heterocycles. The predicted molar refractivity (Wildman–Crippen MR) is 145 cm³/mol. The fourth-order valence-corrected chi connectivity index (χ4v) is 5.60. The zero-order chi connectivity index (χ0) is 26.8. The van der Waals surface area contributed by atoms with E-state index in [1.54, 1.807) is 13.3 Å². The van der Waals surface area contributed by atoms with E-state index in [0.717, 1.165) is 48.4 Å². The van der Waals surface area contributed by atoms with Gasteiger partial charge in [-0.1, -0.05) is 24.3 Å². The van der Waals surface area contributed by atoms with Gasteiger partial charge in [-0.25, -0.2) is 4.98 Å². The minimum Gasteiger partial charge on any atom is -0.485 e. The van der Waals surface area contributed by atoms with E-state index in [2.05, 4.69) is 35.0 Å². The number of aliphatic hydroxyl groups is 1. The molecule has 0 amide bonds. The average molecular weight is 517 g/mol. The minimum atomic E-state index is -1.09. The van der Waals surface area contributed by atoms with Crippen LogP contribution in [0.4, 0.5) is 0 Å². The van der Waals surface area contributed by atoms with Gasteiger partial charge in [0.05, 0.1) is 19.1 Å². The first-order valence-electron chi connectivity index (χ1n) is 13.4. The summed E-state index contributed by atoms with van der Waals surface area (Å²) in [5.41, 5.74) is 6.23. The van der Waals surface area contributed by atoms with Crippen molar-refractivity contribution in [1.29, 1.82) is 0 Å². The molecule has 200 valence electrons. The van der Waals surface area contributed by atoms with Crippen molar-refractivity contribution < 1.29 is 24.5 Å². The van der Waals surface area contributed by atoms with Crippen LogP contribution in [0.25, 0.3) is 11.1 Å². The van der Waals surface area contributed by atoms with Gasteiger partial charge in [0.1, 0.15) is 11.9 Å². The van der Waals surface area contributed by atoms with Crippen molar-refractivity contribution in [3.8, 4) is 22.8 Å². The molecule has 0 saturated carbocycles. The molecule has 3 aromatic rings. The molecule has 2 N–H and O–H groups in total. The second-order valence-corrected chi connectivity index (χ2v) is 10.5. The Bertz CT molecular complexity index is 1310. The Hall–Kier alpha value is -3.42. The molecule has 5 rings (SSSR count). The van der Waals surface area contributed by atoms with Gasteiger partial charge >= 0.3 is 5.97 Å². The molecule has 2 aromatic carbocycles. The van der Waals surface area contributed by atoms with Gasteiger partial charge in [-0.2, -0.15) is 0 Å². The number of nitrogens with zero attached hydrogens (tertiary/aromatic N) is 2. The Morgan fingerprint density at radius 3 is 2.71 bits per heavy atom. The highest BCUT2D eigenvalue weighted by Crippen LogP contribution is 2.40. The standard InChI is InChI=1S/C31H36N2O5/c1-19-5-4-14-33(19)18-25-15-22(23-12-13-32-29(17-23)37-3)8-10-26(25)27-11-9-21-6-7-24(16-28(21)38-27)30(34)20(2)31(35)36/h6-8,10,12-13,15-17,19-20,27,30,34H,4-5,9,11,14,18H2,1-3H3,(H,35,36)/t19-,20-,27?,30+/m0/s1. The lowest BCUT2D eigenvalue weighted by atomic mass is 9.90. The van der Waals surface area contributed by atoms with Gasteiger partial charge < -0.3 is 19.7 Å². The molecule has 2 aliphatic rings. The normalized spacial score (nSPS) is 20.8. The van der Waals surface area contributed by atoms with Gasteiger partial charge in [0.15, 0.2) is 0 Å². The summed E-state index contributed by atoms with van der Waals surface area (Å²) in [6.07, 6.45) is 4.68. The van der Waals surface area contributed by atoms with Crippen LogP contribution in [0, 0.1) is 5.92 Å². The molecule has 2 aliphatic heterocycles. The number of pyridine rings is 1. The summed E-state index contributed by atoms with van der Waals surface area (Å²) >= 11 is 0. The van der Waals surface area contributed by atoms with Crippen molar-refractivity contribution in [2.75, 3.05) is 13.7 Å². The predicted octanol–water partition coefficient (Wildman–Crippen LogP) is 5.56. The number of aromatic nitrogens is 1. The highest BCUT2D eigenvalue weighted by Gasteiger charge is 2.29. The number of aliphatic hydroxyl groups excluding tert-OH is 1. The van der Waals surface area contributed by atoms with Crippen LogP contribution in [0.3, 0.4) is 0 Å². The first-order chi connectivity index (χ1) is 18.3. The Morgan fingerprint density at radius 1 is 1.16 bits per heavy atom. The highest BCUT2D eigenvalue weighted by molar-refractivity contribution is 5.70. The summed E-state index contributed by atoms with van der Waals surface area (Å²) in [6, 6.07) is 16.6. The molecule has 7 nitrogen and oxygen atoms in total. The molecule has 0 radical (unpaired) electrons. The van der Waals surface area contributed by atoms with Crippen molar-refractivity contribution in [1.82, 2.24) is 9.88 Å². The second-order valence-electron chi connectivity index (χ2n) is 10.5. The van der Waals surface area contributed by atoms with E-state index < -0.39 is 18.0 Å². The number of methoxy groups -OCH3 is 1. The van der Waals surface area contributed by atoms with E-state index in [-0.39, 0.29) is 6.10 Å². The largest absolute Gasteiger partial charge is 0.485 e. The Labute approximate surface area is 224 Å². The van der Waals surface area contributed by atoms with Crippen molar-refractivity contribution in [3.63, 3.8) is 0 Å². The number of fused-ring (bicyclic) bond motifs is 1. The van der Waals surface area contributed by atoms with Crippen LogP contribution in [0.15, 0.2) is 54.7 Å². The molecule has 0 aliphatic carbocycles. The molecule has 1 saturated heterocycles. The van der Waals surface area contributed by atoms with E-state index in [0.29, 0.717) is 17.5 Å². The molecule has 0 bridgehead atoms. The molecule has 1 fully saturated rings. The van der Waals surface area contributed by atoms with Gasteiger partial charge in [-0.3, -0.25) is 9.69 Å². The Morgan fingerprint density at radius 2 is 1.97 bits per heavy atom. The Kier molecular flexibility index (Phi) is 7.68. The summed E-state index contributed by atoms with van der Waals surface area (Å²) < 4.78 is 11.9. The smallest absolute Gasteiger partial charge is 0.309 e. The summed E-state index contributed by atoms with van der Waals surface area (Å²) in [7, 11) is 1.63. The van der Waals surface area contributed by atoms with E-state index in [9.17, 15) is 15.0 Å². The van der Waals surface area contributed by atoms with E-state index >= 15 is 0 Å². The molecular weight excluding hydrogens is 480 g/mol. The van der Waals surface area contributed by atoms with Gasteiger partial charge in [0.2, 0.25) is 5.88 Å². The molecule has 7 heteroatoms. The number of ether oxygens (including phenoxy) is 2. The van der Waals surface area contributed by atoms with Crippen molar-refractivity contribution >= 4 is 5.97 Å². The summed E-state index contributed by atoms with van der Waals surface area (Å²) in [5.74, 6) is -0.620. The van der Waals surface area contributed by atoms with Crippen LogP contribution in [0.2, 0.25) is 0 Å². The van der Waals surface area contributed by atoms with Crippen LogP contribution in [0.5, 0.6) is 11.6 Å². The molecule has 0 spiro atoms. The highest BCUT2D eigenvalue weighted by atomic mass is 16.5. The van der Waals surface area contributed by atoms with Crippen LogP contribution < -0.4 is 9.47 Å². The number of aryl methyl sites for hydroxylation is 1. The zero-order valence-corrected chi connectivity index (χ0v) is 22.3. The molecular formula is C31H36N2O5. The minimum absolute atomic E-state index is 0.124. The zero-order valence-electron chi connectivity index (χ0n) is 22.3. The van der Waals surface area contributed by atoms with E-state index in [4.69, 9.17) is 9.47 Å². The number of carboxylic acid groups (broad SMARTS) is 1. The maximum atomic E-state index is 11.4. The fraction of sp³-hybridized carbons (Fsp3) is 0.419. The average Bonchev–Trinajstić information content (AvgIpc) is 3.35. The number of aliphatic carboxylic acids is 1. The van der Waals surface area contributed by atoms with Crippen molar-refractivity contribution in [2.24, 2.45) is 5.92 Å². The summed E-state index contributed by atoms with van der Waals surface area (Å²) in [6.45, 7) is 5.75. The quantitative estimate of drug-likeness (QED) is 0.405. The molecule has 1 aromatic heterocycles. The number of carboxylic acids is 1. The van der Waals surface area contributed by atoms with Crippen molar-refractivity contribution in [2.45, 2.75) is 64.3 Å². The maximum Gasteiger partial charge on any atom is 0.309 e. The third-order valence-corrected chi connectivity index (χ3v) is 8.07. The second kappa shape index (κ2) is 11.1. The van der Waals surface area contributed by atoms with E-state index in [1.165, 1.54) is 30.9 Å². The molecule has 38 heavy (non-hydrogen) atoms.